The monoisotopic (exact) mass is 335 g/mol. The van der Waals surface area contributed by atoms with E-state index in [1.807, 2.05) is 6.07 Å². The van der Waals surface area contributed by atoms with Gasteiger partial charge in [0.2, 0.25) is 0 Å². The molecule has 0 saturated heterocycles. The molecule has 0 spiro atoms. The summed E-state index contributed by atoms with van der Waals surface area (Å²) in [7, 11) is 0. The molecule has 1 N–H and O–H groups in total. The highest BCUT2D eigenvalue weighted by Gasteiger charge is 2.19. The van der Waals surface area contributed by atoms with E-state index in [2.05, 4.69) is 52.4 Å². The van der Waals surface area contributed by atoms with Gasteiger partial charge in [-0.2, -0.15) is 0 Å². The fraction of sp³-hybridized carbons (Fsp3) is 0.267. The average Bonchev–Trinajstić information content (AvgIpc) is 2.85. The van der Waals surface area contributed by atoms with Gasteiger partial charge in [-0.15, -0.1) is 11.3 Å². The summed E-state index contributed by atoms with van der Waals surface area (Å²) in [6.07, 6.45) is 0.923. The summed E-state index contributed by atoms with van der Waals surface area (Å²) >= 11 is 5.52. The predicted octanol–water partition coefficient (Wildman–Crippen LogP) is 3.83. The zero-order valence-electron chi connectivity index (χ0n) is 10.6. The van der Waals surface area contributed by atoms with Crippen molar-refractivity contribution in [3.8, 4) is 0 Å². The minimum absolute atomic E-state index is 0.0464. The Kier molecular flexibility index (Phi) is 3.46. The second kappa shape index (κ2) is 5.10. The molecule has 1 amide bonds. The van der Waals surface area contributed by atoms with Gasteiger partial charge in [-0.3, -0.25) is 4.79 Å². The van der Waals surface area contributed by atoms with Gasteiger partial charge in [0.05, 0.1) is 4.83 Å². The summed E-state index contributed by atoms with van der Waals surface area (Å²) in [5, 5.41) is 2.90. The van der Waals surface area contributed by atoms with E-state index < -0.39 is 0 Å². The summed E-state index contributed by atoms with van der Waals surface area (Å²) in [5.74, 6) is 0.0464. The highest BCUT2D eigenvalue weighted by atomic mass is 79.9. The molecule has 1 aliphatic rings. The van der Waals surface area contributed by atoms with Crippen LogP contribution in [0.3, 0.4) is 0 Å². The second-order valence-corrected chi connectivity index (χ2v) is 6.97. The Morgan fingerprint density at radius 3 is 2.89 bits per heavy atom. The normalized spacial score (nSPS) is 15.8. The number of aryl methyl sites for hydroxylation is 1. The number of hydrogen-bond acceptors (Lipinski definition) is 2. The minimum atomic E-state index is 0.0464. The van der Waals surface area contributed by atoms with Crippen LogP contribution in [0.25, 0.3) is 0 Å². The zero-order valence-corrected chi connectivity index (χ0v) is 13.0. The van der Waals surface area contributed by atoms with Crippen LogP contribution in [0.2, 0.25) is 0 Å². The maximum Gasteiger partial charge on any atom is 0.251 e. The number of alkyl halides is 1. The van der Waals surface area contributed by atoms with Crippen LogP contribution in [0.15, 0.2) is 30.3 Å². The Morgan fingerprint density at radius 2 is 2.16 bits per heavy atom. The lowest BCUT2D eigenvalue weighted by Gasteiger charge is -2.18. The predicted molar refractivity (Wildman–Crippen MR) is 82.3 cm³/mol. The van der Waals surface area contributed by atoms with Crippen molar-refractivity contribution in [2.24, 2.45) is 0 Å². The van der Waals surface area contributed by atoms with Crippen LogP contribution in [-0.2, 0) is 6.42 Å². The van der Waals surface area contributed by atoms with Crippen molar-refractivity contribution in [1.82, 2.24) is 5.32 Å². The van der Waals surface area contributed by atoms with E-state index in [1.165, 1.54) is 9.75 Å². The standard InChI is InChI=1S/C15H14BrNOS/c1-9-2-5-13(19-9)14(16)11-4-3-10-6-7-17-15(18)12(10)8-11/h2-5,8,14H,6-7H2,1H3,(H,17,18). The lowest BCUT2D eigenvalue weighted by molar-refractivity contribution is 0.0946. The molecule has 0 saturated carbocycles. The van der Waals surface area contributed by atoms with E-state index in [1.54, 1.807) is 11.3 Å². The summed E-state index contributed by atoms with van der Waals surface area (Å²) in [5.41, 5.74) is 3.11. The second-order valence-electron chi connectivity index (χ2n) is 4.73. The van der Waals surface area contributed by atoms with Crippen LogP contribution < -0.4 is 5.32 Å². The van der Waals surface area contributed by atoms with Gasteiger partial charge in [0, 0.05) is 21.9 Å². The Bertz CT molecular complexity index is 635. The number of carbonyl (C=O) groups excluding carboxylic acids is 1. The average molecular weight is 336 g/mol. The molecule has 4 heteroatoms. The van der Waals surface area contributed by atoms with Crippen molar-refractivity contribution in [3.05, 3.63) is 56.8 Å². The molecule has 1 aliphatic heterocycles. The molecule has 1 unspecified atom stereocenters. The van der Waals surface area contributed by atoms with Crippen molar-refractivity contribution in [1.29, 1.82) is 0 Å². The number of rotatable bonds is 2. The van der Waals surface area contributed by atoms with E-state index in [4.69, 9.17) is 0 Å². The molecule has 0 radical (unpaired) electrons. The third kappa shape index (κ3) is 2.47. The zero-order chi connectivity index (χ0) is 13.4. The summed E-state index contributed by atoms with van der Waals surface area (Å²) in [4.78, 5) is 14.6. The molecular formula is C15H14BrNOS. The minimum Gasteiger partial charge on any atom is -0.352 e. The maximum absolute atomic E-state index is 11.9. The van der Waals surface area contributed by atoms with E-state index in [0.29, 0.717) is 0 Å². The first kappa shape index (κ1) is 12.9. The van der Waals surface area contributed by atoms with Crippen LogP contribution in [-0.4, -0.2) is 12.5 Å². The molecule has 0 fully saturated rings. The number of carbonyl (C=O) groups is 1. The summed E-state index contributed by atoms with van der Waals surface area (Å²) in [6.45, 7) is 2.85. The number of hydrogen-bond donors (Lipinski definition) is 1. The molecule has 19 heavy (non-hydrogen) atoms. The van der Waals surface area contributed by atoms with Crippen molar-refractivity contribution in [3.63, 3.8) is 0 Å². The summed E-state index contributed by atoms with van der Waals surface area (Å²) in [6, 6.07) is 10.5. The van der Waals surface area contributed by atoms with E-state index >= 15 is 0 Å². The molecule has 1 aromatic carbocycles. The first-order valence-electron chi connectivity index (χ1n) is 6.26. The number of nitrogens with one attached hydrogen (secondary N) is 1. The maximum atomic E-state index is 11.9. The first-order valence-corrected chi connectivity index (χ1v) is 8.00. The van der Waals surface area contributed by atoms with Crippen molar-refractivity contribution >= 4 is 33.2 Å². The number of thiophene rings is 1. The first-order chi connectivity index (χ1) is 9.15. The molecule has 1 aromatic heterocycles. The van der Waals surface area contributed by atoms with Crippen LogP contribution in [0.1, 0.15) is 36.1 Å². The third-order valence-corrected chi connectivity index (χ3v) is 5.75. The van der Waals surface area contributed by atoms with Crippen molar-refractivity contribution < 1.29 is 4.79 Å². The molecule has 98 valence electrons. The lowest BCUT2D eigenvalue weighted by atomic mass is 9.96. The number of fused-ring (bicyclic) bond motifs is 1. The van der Waals surface area contributed by atoms with E-state index in [-0.39, 0.29) is 10.7 Å². The van der Waals surface area contributed by atoms with Gasteiger partial charge in [0.1, 0.15) is 0 Å². The van der Waals surface area contributed by atoms with Crippen molar-refractivity contribution in [2.75, 3.05) is 6.54 Å². The van der Waals surface area contributed by atoms with Crippen LogP contribution in [0.4, 0.5) is 0 Å². The Morgan fingerprint density at radius 1 is 1.32 bits per heavy atom. The van der Waals surface area contributed by atoms with Gasteiger partial charge >= 0.3 is 0 Å². The smallest absolute Gasteiger partial charge is 0.251 e. The molecule has 0 aliphatic carbocycles. The molecule has 2 nitrogen and oxygen atoms in total. The van der Waals surface area contributed by atoms with Crippen LogP contribution in [0.5, 0.6) is 0 Å². The topological polar surface area (TPSA) is 29.1 Å². The van der Waals surface area contributed by atoms with Gasteiger partial charge in [-0.05, 0) is 42.7 Å². The number of halogens is 1. The molecule has 2 heterocycles. The van der Waals surface area contributed by atoms with Gasteiger partial charge in [0.25, 0.3) is 5.91 Å². The SMILES string of the molecule is Cc1ccc(C(Br)c2ccc3c(c2)C(=O)NCC3)s1. The van der Waals surface area contributed by atoms with Crippen molar-refractivity contribution in [2.45, 2.75) is 18.2 Å². The van der Waals surface area contributed by atoms with E-state index in [0.717, 1.165) is 29.7 Å². The molecule has 0 bridgehead atoms. The molecular weight excluding hydrogens is 322 g/mol. The quantitative estimate of drug-likeness (QED) is 0.830. The Labute approximate surface area is 125 Å². The van der Waals surface area contributed by atoms with Gasteiger partial charge in [-0.1, -0.05) is 28.1 Å². The largest absolute Gasteiger partial charge is 0.352 e. The molecule has 2 aromatic rings. The number of amides is 1. The number of benzene rings is 1. The van der Waals surface area contributed by atoms with Crippen LogP contribution >= 0.6 is 27.3 Å². The van der Waals surface area contributed by atoms with Crippen LogP contribution in [0, 0.1) is 6.92 Å². The third-order valence-electron chi connectivity index (χ3n) is 3.36. The highest BCUT2D eigenvalue weighted by Crippen LogP contribution is 2.36. The Balaban J connectivity index is 1.97. The Hall–Kier alpha value is -1.13. The molecule has 1 atom stereocenters. The fourth-order valence-electron chi connectivity index (χ4n) is 2.34. The molecule has 3 rings (SSSR count). The highest BCUT2D eigenvalue weighted by molar-refractivity contribution is 9.09. The fourth-order valence-corrected chi connectivity index (χ4v) is 3.94. The summed E-state index contributed by atoms with van der Waals surface area (Å²) < 4.78 is 0. The lowest BCUT2D eigenvalue weighted by Crippen LogP contribution is -2.31. The van der Waals surface area contributed by atoms with E-state index in [9.17, 15) is 4.79 Å². The van der Waals surface area contributed by atoms with Gasteiger partial charge in [0.15, 0.2) is 0 Å². The van der Waals surface area contributed by atoms with Gasteiger partial charge < -0.3 is 5.32 Å². The van der Waals surface area contributed by atoms with Gasteiger partial charge in [-0.25, -0.2) is 0 Å².